The van der Waals surface area contributed by atoms with E-state index < -0.39 is 0 Å². The molecule has 0 aromatic carbocycles. The predicted molar refractivity (Wildman–Crippen MR) is 85.1 cm³/mol. The van der Waals surface area contributed by atoms with Gasteiger partial charge in [0.15, 0.2) is 0 Å². The number of carbonyl (C=O) groups excluding carboxylic acids is 1. The fourth-order valence-corrected chi connectivity index (χ4v) is 4.49. The van der Waals surface area contributed by atoms with Crippen molar-refractivity contribution in [2.24, 2.45) is 0 Å². The molecule has 1 aliphatic heterocycles. The third-order valence-corrected chi connectivity index (χ3v) is 5.53. The molecule has 2 atom stereocenters. The van der Waals surface area contributed by atoms with Crippen molar-refractivity contribution in [2.45, 2.75) is 44.8 Å². The smallest absolute Gasteiger partial charge is 0.261 e. The second-order valence-corrected chi connectivity index (χ2v) is 6.95. The minimum absolute atomic E-state index is 0.0909. The van der Waals surface area contributed by atoms with Gasteiger partial charge >= 0.3 is 0 Å². The van der Waals surface area contributed by atoms with E-state index in [1.54, 1.807) is 11.3 Å². The lowest BCUT2D eigenvalue weighted by Crippen LogP contribution is -2.44. The number of hydrogen-bond donors (Lipinski definition) is 1. The van der Waals surface area contributed by atoms with E-state index in [0.29, 0.717) is 6.61 Å². The molecule has 2 aliphatic rings. The van der Waals surface area contributed by atoms with E-state index in [1.165, 1.54) is 24.0 Å². The molecular weight excluding hydrogens is 284 g/mol. The molecule has 0 radical (unpaired) electrons. The van der Waals surface area contributed by atoms with Crippen LogP contribution in [0.25, 0.3) is 0 Å². The maximum atomic E-state index is 12.6. The Bertz CT molecular complexity index is 514. The van der Waals surface area contributed by atoms with Crippen LogP contribution in [0.1, 0.15) is 40.6 Å². The summed E-state index contributed by atoms with van der Waals surface area (Å²) in [5.74, 6) is 0.0909. The number of ether oxygens (including phenoxy) is 1. The Morgan fingerprint density at radius 1 is 1.43 bits per heavy atom. The predicted octanol–water partition coefficient (Wildman–Crippen LogP) is 2.08. The number of aryl methyl sites for hydroxylation is 1. The highest BCUT2D eigenvalue weighted by Crippen LogP contribution is 2.30. The summed E-state index contributed by atoms with van der Waals surface area (Å²) in [7, 11) is 2.07. The van der Waals surface area contributed by atoms with E-state index in [0.717, 1.165) is 30.8 Å². The first-order valence-corrected chi connectivity index (χ1v) is 8.77. The topological polar surface area (TPSA) is 41.6 Å². The normalized spacial score (nSPS) is 25.8. The van der Waals surface area contributed by atoms with Crippen molar-refractivity contribution in [2.75, 3.05) is 26.7 Å². The van der Waals surface area contributed by atoms with Gasteiger partial charge in [-0.3, -0.25) is 4.79 Å². The molecule has 0 spiro atoms. The van der Waals surface area contributed by atoms with E-state index in [1.807, 2.05) is 6.92 Å². The minimum Gasteiger partial charge on any atom is -0.375 e. The molecule has 1 aliphatic carbocycles. The van der Waals surface area contributed by atoms with Crippen molar-refractivity contribution in [1.82, 2.24) is 10.2 Å². The van der Waals surface area contributed by atoms with Crippen LogP contribution in [0.2, 0.25) is 0 Å². The lowest BCUT2D eigenvalue weighted by molar-refractivity contribution is 0.0514. The second kappa shape index (κ2) is 6.46. The molecule has 1 aromatic heterocycles. The van der Waals surface area contributed by atoms with Gasteiger partial charge in [0.25, 0.3) is 5.91 Å². The van der Waals surface area contributed by atoms with Crippen LogP contribution in [0.5, 0.6) is 0 Å². The Labute approximate surface area is 130 Å². The molecule has 2 heterocycles. The Morgan fingerprint density at radius 2 is 2.24 bits per heavy atom. The summed E-state index contributed by atoms with van der Waals surface area (Å²) in [6, 6.07) is 0.101. The number of thiophene rings is 1. The van der Waals surface area contributed by atoms with Crippen molar-refractivity contribution in [3.05, 3.63) is 21.4 Å². The van der Waals surface area contributed by atoms with Gasteiger partial charge in [-0.2, -0.15) is 0 Å². The third kappa shape index (κ3) is 3.15. The zero-order valence-corrected chi connectivity index (χ0v) is 13.7. The molecule has 5 heteroatoms. The van der Waals surface area contributed by atoms with Gasteiger partial charge in [0.2, 0.25) is 0 Å². The van der Waals surface area contributed by atoms with Crippen LogP contribution in [-0.2, 0) is 17.6 Å². The van der Waals surface area contributed by atoms with E-state index in [2.05, 4.69) is 22.6 Å². The molecule has 1 saturated heterocycles. The van der Waals surface area contributed by atoms with Crippen molar-refractivity contribution >= 4 is 17.2 Å². The molecule has 4 nitrogen and oxygen atoms in total. The summed E-state index contributed by atoms with van der Waals surface area (Å²) < 4.78 is 5.76. The Kier molecular flexibility index (Phi) is 4.62. The summed E-state index contributed by atoms with van der Waals surface area (Å²) in [4.78, 5) is 15.8. The lowest BCUT2D eigenvalue weighted by Gasteiger charge is -2.20. The number of fused-ring (bicyclic) bond motifs is 1. The Hall–Kier alpha value is -0.910. The van der Waals surface area contributed by atoms with Crippen LogP contribution < -0.4 is 5.32 Å². The molecular formula is C16H24N2O2S. The van der Waals surface area contributed by atoms with Crippen molar-refractivity contribution < 1.29 is 9.53 Å². The lowest BCUT2D eigenvalue weighted by atomic mass is 9.94. The van der Waals surface area contributed by atoms with Crippen molar-refractivity contribution in [3.8, 4) is 0 Å². The average molecular weight is 308 g/mol. The fraction of sp³-hybridized carbons (Fsp3) is 0.688. The second-order valence-electron chi connectivity index (χ2n) is 6.07. The largest absolute Gasteiger partial charge is 0.375 e. The number of likely N-dealkylation sites (N-methyl/N-ethyl adjacent to an activating group) is 1. The van der Waals surface area contributed by atoms with Gasteiger partial charge in [0.1, 0.15) is 0 Å². The number of nitrogens with one attached hydrogen (secondary N) is 1. The van der Waals surface area contributed by atoms with E-state index in [4.69, 9.17) is 4.74 Å². The van der Waals surface area contributed by atoms with Crippen LogP contribution in [0.3, 0.4) is 0 Å². The number of hydrogen-bond acceptors (Lipinski definition) is 4. The van der Waals surface area contributed by atoms with E-state index >= 15 is 0 Å². The molecule has 21 heavy (non-hydrogen) atoms. The monoisotopic (exact) mass is 308 g/mol. The highest BCUT2D eigenvalue weighted by atomic mass is 32.1. The van der Waals surface area contributed by atoms with Gasteiger partial charge in [-0.25, -0.2) is 0 Å². The molecule has 1 fully saturated rings. The van der Waals surface area contributed by atoms with Gasteiger partial charge in [-0.1, -0.05) is 0 Å². The van der Waals surface area contributed by atoms with E-state index in [-0.39, 0.29) is 18.1 Å². The van der Waals surface area contributed by atoms with Crippen LogP contribution in [0.15, 0.2) is 5.38 Å². The van der Waals surface area contributed by atoms with Gasteiger partial charge in [-0.15, -0.1) is 11.3 Å². The molecule has 116 valence electrons. The standard InChI is InChI=1S/C16H24N2O2S/c1-3-20-14-9-18(2)8-13(14)17-16(19)15-12-7-5-4-6-11(12)10-21-15/h10,13-14H,3-9H2,1-2H3,(H,17,19). The maximum Gasteiger partial charge on any atom is 0.261 e. The molecule has 1 N–H and O–H groups in total. The van der Waals surface area contributed by atoms with Gasteiger partial charge in [0.05, 0.1) is 17.0 Å². The summed E-state index contributed by atoms with van der Waals surface area (Å²) in [6.45, 7) is 4.46. The number of rotatable bonds is 4. The zero-order chi connectivity index (χ0) is 14.8. The first kappa shape index (κ1) is 15.0. The van der Waals surface area contributed by atoms with Crippen LogP contribution in [-0.4, -0.2) is 49.7 Å². The summed E-state index contributed by atoms with van der Waals surface area (Å²) in [5.41, 5.74) is 2.68. The fourth-order valence-electron chi connectivity index (χ4n) is 3.43. The highest BCUT2D eigenvalue weighted by molar-refractivity contribution is 7.12. The zero-order valence-electron chi connectivity index (χ0n) is 12.9. The summed E-state index contributed by atoms with van der Waals surface area (Å²) in [5, 5.41) is 5.37. The number of likely N-dealkylation sites (tertiary alicyclic amines) is 1. The molecule has 1 amide bonds. The van der Waals surface area contributed by atoms with Gasteiger partial charge in [-0.05, 0) is 56.2 Å². The van der Waals surface area contributed by atoms with Gasteiger partial charge < -0.3 is 15.0 Å². The first-order valence-electron chi connectivity index (χ1n) is 7.89. The average Bonchev–Trinajstić information content (AvgIpc) is 3.03. The SMILES string of the molecule is CCOC1CN(C)CC1NC(=O)c1scc2c1CCCC2. The Balaban J connectivity index is 1.70. The van der Waals surface area contributed by atoms with Crippen LogP contribution in [0.4, 0.5) is 0 Å². The van der Waals surface area contributed by atoms with Crippen molar-refractivity contribution in [3.63, 3.8) is 0 Å². The van der Waals surface area contributed by atoms with Crippen LogP contribution >= 0.6 is 11.3 Å². The number of nitrogens with zero attached hydrogens (tertiary/aromatic N) is 1. The molecule has 1 aromatic rings. The maximum absolute atomic E-state index is 12.6. The summed E-state index contributed by atoms with van der Waals surface area (Å²) in [6.07, 6.45) is 4.76. The Morgan fingerprint density at radius 3 is 3.05 bits per heavy atom. The quantitative estimate of drug-likeness (QED) is 0.926. The number of carbonyl (C=O) groups is 1. The van der Waals surface area contributed by atoms with Gasteiger partial charge in [0, 0.05) is 19.7 Å². The summed E-state index contributed by atoms with van der Waals surface area (Å²) >= 11 is 1.61. The highest BCUT2D eigenvalue weighted by Gasteiger charge is 2.33. The molecule has 0 bridgehead atoms. The number of amides is 1. The first-order chi connectivity index (χ1) is 10.2. The molecule has 2 unspecified atom stereocenters. The van der Waals surface area contributed by atoms with Crippen molar-refractivity contribution in [1.29, 1.82) is 0 Å². The minimum atomic E-state index is 0.0909. The van der Waals surface area contributed by atoms with E-state index in [9.17, 15) is 4.79 Å². The molecule has 3 rings (SSSR count). The third-order valence-electron chi connectivity index (χ3n) is 4.46. The van der Waals surface area contributed by atoms with Crippen LogP contribution in [0, 0.1) is 0 Å². The molecule has 0 saturated carbocycles.